The number of ether oxygens (including phenoxy) is 1. The summed E-state index contributed by atoms with van der Waals surface area (Å²) in [6.45, 7) is 4.37. The summed E-state index contributed by atoms with van der Waals surface area (Å²) >= 11 is 3.71. The monoisotopic (exact) mass is 561 g/mol. The number of aryl methyl sites for hydroxylation is 2. The molecule has 7 nitrogen and oxygen atoms in total. The van der Waals surface area contributed by atoms with Crippen LogP contribution in [0, 0.1) is 0 Å². The zero-order valence-corrected chi connectivity index (χ0v) is 23.2. The third-order valence-electron chi connectivity index (χ3n) is 6.49. The van der Waals surface area contributed by atoms with Crippen molar-refractivity contribution in [3.05, 3.63) is 93.7 Å². The molecule has 1 unspecified atom stereocenters. The molecule has 0 amide bonds. The molecule has 0 bridgehead atoms. The van der Waals surface area contributed by atoms with Gasteiger partial charge < -0.3 is 10.2 Å². The van der Waals surface area contributed by atoms with E-state index in [2.05, 4.69) is 76.1 Å². The number of hydrogen-bond donors (Lipinski definition) is 1. The van der Waals surface area contributed by atoms with Crippen molar-refractivity contribution in [1.29, 1.82) is 0 Å². The van der Waals surface area contributed by atoms with Gasteiger partial charge in [0.2, 0.25) is 5.82 Å². The van der Waals surface area contributed by atoms with E-state index in [9.17, 15) is 0 Å². The minimum Gasteiger partial charge on any atom is -0.870 e. The summed E-state index contributed by atoms with van der Waals surface area (Å²) in [5, 5.41) is 8.41. The van der Waals surface area contributed by atoms with Gasteiger partial charge in [-0.15, -0.1) is 4.68 Å². The minimum absolute atomic E-state index is 0. The Labute approximate surface area is 226 Å². The van der Waals surface area contributed by atoms with Crippen molar-refractivity contribution < 1.29 is 14.8 Å². The van der Waals surface area contributed by atoms with E-state index in [1.54, 1.807) is 7.11 Å². The predicted molar refractivity (Wildman–Crippen MR) is 150 cm³/mol. The summed E-state index contributed by atoms with van der Waals surface area (Å²) in [7, 11) is 3.72. The fourth-order valence-electron chi connectivity index (χ4n) is 4.85. The van der Waals surface area contributed by atoms with E-state index in [0.717, 1.165) is 69.5 Å². The summed E-state index contributed by atoms with van der Waals surface area (Å²) in [5.74, 6) is 2.64. The van der Waals surface area contributed by atoms with E-state index in [0.29, 0.717) is 0 Å². The van der Waals surface area contributed by atoms with Gasteiger partial charge in [-0.1, -0.05) is 54.4 Å². The van der Waals surface area contributed by atoms with Crippen molar-refractivity contribution in [1.82, 2.24) is 9.78 Å². The van der Waals surface area contributed by atoms with E-state index >= 15 is 0 Å². The molecule has 1 atom stereocenters. The molecule has 4 aromatic rings. The molecule has 37 heavy (non-hydrogen) atoms. The minimum atomic E-state index is -0.0733. The number of nitrogens with zero attached hydrogens (tertiary/aromatic N) is 4. The van der Waals surface area contributed by atoms with Gasteiger partial charge in [0.15, 0.2) is 0 Å². The SMILES string of the molecule is CCCc1cc(OC)cc(C2=NC(CC)c3n(C)nc(Nc4ccccc4)[n+]3-c3cc(Br)ccc32)c1.[OH-]. The molecule has 0 radical (unpaired) electrons. The van der Waals surface area contributed by atoms with Crippen LogP contribution in [0.4, 0.5) is 11.6 Å². The number of aromatic nitrogens is 3. The average Bonchev–Trinajstić information content (AvgIpc) is 3.12. The maximum atomic E-state index is 5.68. The highest BCUT2D eigenvalue weighted by atomic mass is 79.9. The van der Waals surface area contributed by atoms with Gasteiger partial charge in [-0.25, -0.2) is 0 Å². The fraction of sp³-hybridized carbons (Fsp3) is 0.276. The Hall–Kier alpha value is -3.49. The molecule has 8 heteroatoms. The molecule has 0 saturated carbocycles. The van der Waals surface area contributed by atoms with E-state index in [1.807, 2.05) is 42.1 Å². The van der Waals surface area contributed by atoms with E-state index in [4.69, 9.17) is 14.8 Å². The van der Waals surface area contributed by atoms with Crippen LogP contribution < -0.4 is 14.6 Å². The van der Waals surface area contributed by atoms with Gasteiger partial charge in [0.1, 0.15) is 17.5 Å². The first-order valence-electron chi connectivity index (χ1n) is 12.4. The summed E-state index contributed by atoms with van der Waals surface area (Å²) in [5.41, 5.74) is 6.36. The Morgan fingerprint density at radius 2 is 1.84 bits per heavy atom. The Bertz CT molecular complexity index is 1430. The van der Waals surface area contributed by atoms with Crippen LogP contribution in [0.25, 0.3) is 5.69 Å². The lowest BCUT2D eigenvalue weighted by atomic mass is 9.97. The molecular formula is C29H32BrN5O2. The summed E-state index contributed by atoms with van der Waals surface area (Å²) in [4.78, 5) is 5.37. The number of fused-ring (bicyclic) bond motifs is 3. The highest BCUT2D eigenvalue weighted by molar-refractivity contribution is 9.10. The molecule has 0 fully saturated rings. The number of methoxy groups -OCH3 is 1. The number of hydrogen-bond acceptors (Lipinski definition) is 5. The first kappa shape index (κ1) is 26.6. The summed E-state index contributed by atoms with van der Waals surface area (Å²) in [6, 6.07) is 22.9. The number of anilines is 2. The van der Waals surface area contributed by atoms with Crippen molar-refractivity contribution in [2.45, 2.75) is 39.2 Å². The third kappa shape index (κ3) is 5.17. The van der Waals surface area contributed by atoms with Crippen LogP contribution in [0.3, 0.4) is 0 Å². The molecule has 2 heterocycles. The average molecular weight is 563 g/mol. The molecule has 1 aromatic heterocycles. The normalized spacial score (nSPS) is 14.1. The second kappa shape index (κ2) is 11.3. The van der Waals surface area contributed by atoms with E-state index in [-0.39, 0.29) is 11.5 Å². The molecule has 1 aliphatic heterocycles. The van der Waals surface area contributed by atoms with Crippen LogP contribution in [-0.2, 0) is 13.5 Å². The summed E-state index contributed by atoms with van der Waals surface area (Å²) < 4.78 is 10.8. The van der Waals surface area contributed by atoms with Gasteiger partial charge in [0.05, 0.1) is 25.6 Å². The third-order valence-corrected chi connectivity index (χ3v) is 6.98. The summed E-state index contributed by atoms with van der Waals surface area (Å²) in [6.07, 6.45) is 2.91. The van der Waals surface area contributed by atoms with Crippen molar-refractivity contribution in [2.24, 2.45) is 12.0 Å². The molecule has 192 valence electrons. The van der Waals surface area contributed by atoms with Gasteiger partial charge in [0.25, 0.3) is 0 Å². The van der Waals surface area contributed by atoms with Gasteiger partial charge >= 0.3 is 5.95 Å². The number of benzene rings is 3. The molecular weight excluding hydrogens is 530 g/mol. The van der Waals surface area contributed by atoms with Gasteiger partial charge in [-0.05, 0) is 66.9 Å². The first-order valence-corrected chi connectivity index (χ1v) is 13.2. The lowest BCUT2D eigenvalue weighted by molar-refractivity contribution is -0.591. The molecule has 2 N–H and O–H groups in total. The largest absolute Gasteiger partial charge is 0.870 e. The highest BCUT2D eigenvalue weighted by Gasteiger charge is 2.35. The number of para-hydroxylation sites is 1. The van der Waals surface area contributed by atoms with Gasteiger partial charge in [0, 0.05) is 20.7 Å². The van der Waals surface area contributed by atoms with Crippen molar-refractivity contribution in [2.75, 3.05) is 12.4 Å². The number of aliphatic imine (C=N–C) groups is 1. The topological polar surface area (TPSA) is 85.3 Å². The number of nitrogens with one attached hydrogen (secondary N) is 1. The van der Waals surface area contributed by atoms with Crippen LogP contribution in [0.1, 0.15) is 55.2 Å². The smallest absolute Gasteiger partial charge is 0.387 e. The Balaban J connectivity index is 0.00000320. The number of rotatable bonds is 7. The van der Waals surface area contributed by atoms with Crippen LogP contribution in [-0.4, -0.2) is 28.1 Å². The molecule has 0 spiro atoms. The van der Waals surface area contributed by atoms with E-state index in [1.165, 1.54) is 5.56 Å². The van der Waals surface area contributed by atoms with Crippen LogP contribution in [0.15, 0.2) is 76.2 Å². The fourth-order valence-corrected chi connectivity index (χ4v) is 5.20. The van der Waals surface area contributed by atoms with E-state index < -0.39 is 0 Å². The standard InChI is InChI=1S/C29H31BrN5O.H2O/c1-5-10-19-15-20(17-23(16-19)36-4)27-24-14-13-21(30)18-26(24)35-28(25(6-2)32-27)34(3)33-29(35)31-22-11-8-7-9-12-22;/h7-9,11-18,25H,5-6,10H2,1-4H3,(H,31,33);1H2/q+1;/p-1. The Morgan fingerprint density at radius 1 is 1.05 bits per heavy atom. The quantitative estimate of drug-likeness (QED) is 0.269. The molecule has 5 rings (SSSR count). The first-order chi connectivity index (χ1) is 17.5. The molecule has 0 saturated heterocycles. The maximum Gasteiger partial charge on any atom is 0.387 e. The number of halogens is 1. The van der Waals surface area contributed by atoms with Crippen LogP contribution in [0.5, 0.6) is 5.75 Å². The molecule has 0 aliphatic carbocycles. The van der Waals surface area contributed by atoms with Crippen molar-refractivity contribution >= 4 is 33.3 Å². The second-order valence-electron chi connectivity index (χ2n) is 9.01. The van der Waals surface area contributed by atoms with Gasteiger partial charge in [-0.2, -0.15) is 4.57 Å². The van der Waals surface area contributed by atoms with Gasteiger partial charge in [-0.3, -0.25) is 10.3 Å². The Kier molecular flexibility index (Phi) is 8.10. The van der Waals surface area contributed by atoms with Crippen LogP contribution in [0.2, 0.25) is 0 Å². The van der Waals surface area contributed by atoms with Crippen molar-refractivity contribution in [3.8, 4) is 11.4 Å². The van der Waals surface area contributed by atoms with Crippen molar-refractivity contribution in [3.63, 3.8) is 0 Å². The molecule has 3 aromatic carbocycles. The maximum absolute atomic E-state index is 5.68. The molecule has 1 aliphatic rings. The zero-order chi connectivity index (χ0) is 25.2. The second-order valence-corrected chi connectivity index (χ2v) is 9.93. The predicted octanol–water partition coefficient (Wildman–Crippen LogP) is 6.29. The highest BCUT2D eigenvalue weighted by Crippen LogP contribution is 2.32. The lowest BCUT2D eigenvalue weighted by Crippen LogP contribution is -2.38. The van der Waals surface area contributed by atoms with Crippen LogP contribution >= 0.6 is 15.9 Å². The Morgan fingerprint density at radius 3 is 2.54 bits per heavy atom. The zero-order valence-electron chi connectivity index (χ0n) is 21.6. The lowest BCUT2D eigenvalue weighted by Gasteiger charge is -2.14.